The lowest BCUT2D eigenvalue weighted by molar-refractivity contribution is 0.325. The summed E-state index contributed by atoms with van der Waals surface area (Å²) in [6, 6.07) is 12.9. The highest BCUT2D eigenvalue weighted by Gasteiger charge is 2.20. The molecule has 0 aliphatic carbocycles. The lowest BCUT2D eigenvalue weighted by atomic mass is 10.1. The largest absolute Gasteiger partial charge is 0.493 e. The number of aromatic nitrogens is 4. The Hall–Kier alpha value is -3.52. The van der Waals surface area contributed by atoms with Crippen molar-refractivity contribution in [2.45, 2.75) is 0 Å². The van der Waals surface area contributed by atoms with E-state index in [4.69, 9.17) is 25.8 Å². The predicted molar refractivity (Wildman–Crippen MR) is 111 cm³/mol. The maximum absolute atomic E-state index is 5.97. The minimum atomic E-state index is 0.441. The smallest absolute Gasteiger partial charge is 0.254 e. The van der Waals surface area contributed by atoms with E-state index in [0.29, 0.717) is 33.9 Å². The van der Waals surface area contributed by atoms with E-state index < -0.39 is 0 Å². The van der Waals surface area contributed by atoms with Crippen LogP contribution in [0.5, 0.6) is 17.2 Å². The van der Waals surface area contributed by atoms with E-state index in [9.17, 15) is 0 Å². The molecule has 2 heterocycles. The third kappa shape index (κ3) is 3.50. The Morgan fingerprint density at radius 2 is 1.69 bits per heavy atom. The number of fused-ring (bicyclic) bond motifs is 1. The van der Waals surface area contributed by atoms with Crippen molar-refractivity contribution in [3.05, 3.63) is 53.8 Å². The Kier molecular flexibility index (Phi) is 5.09. The van der Waals surface area contributed by atoms with Crippen LogP contribution in [0.15, 0.2) is 48.8 Å². The van der Waals surface area contributed by atoms with Gasteiger partial charge in [0.25, 0.3) is 5.78 Å². The Balaban J connectivity index is 1.87. The summed E-state index contributed by atoms with van der Waals surface area (Å²) in [4.78, 5) is 8.76. The fourth-order valence-corrected chi connectivity index (χ4v) is 3.18. The molecule has 0 bridgehead atoms. The molecule has 0 unspecified atom stereocenters. The number of hydrogen-bond donors (Lipinski definition) is 1. The molecule has 0 saturated heterocycles. The number of rotatable bonds is 6. The maximum atomic E-state index is 5.97. The lowest BCUT2D eigenvalue weighted by Gasteiger charge is -2.17. The molecule has 4 rings (SSSR count). The summed E-state index contributed by atoms with van der Waals surface area (Å²) in [6.45, 7) is 0. The van der Waals surface area contributed by atoms with Crippen LogP contribution in [0.4, 0.5) is 11.5 Å². The van der Waals surface area contributed by atoms with E-state index >= 15 is 0 Å². The number of nitrogens with one attached hydrogen (secondary N) is 1. The van der Waals surface area contributed by atoms with Gasteiger partial charge in [-0.25, -0.2) is 0 Å². The van der Waals surface area contributed by atoms with Gasteiger partial charge in [0, 0.05) is 22.3 Å². The topological polar surface area (TPSA) is 82.8 Å². The first-order chi connectivity index (χ1) is 14.1. The van der Waals surface area contributed by atoms with Crippen molar-refractivity contribution in [2.24, 2.45) is 0 Å². The fraction of sp³-hybridized carbons (Fsp3) is 0.150. The SMILES string of the molecule is COc1ccc(-c2cc(Nc3ccc(Cl)cc3)nc3ncnn23)c(OC)c1OC. The van der Waals surface area contributed by atoms with Crippen LogP contribution in [0.3, 0.4) is 0 Å². The summed E-state index contributed by atoms with van der Waals surface area (Å²) >= 11 is 5.97. The second-order valence-corrected chi connectivity index (χ2v) is 6.45. The summed E-state index contributed by atoms with van der Waals surface area (Å²) < 4.78 is 18.2. The molecule has 4 aromatic rings. The molecule has 2 aromatic heterocycles. The molecule has 29 heavy (non-hydrogen) atoms. The van der Waals surface area contributed by atoms with Crippen molar-refractivity contribution in [3.63, 3.8) is 0 Å². The first-order valence-corrected chi connectivity index (χ1v) is 9.05. The van der Waals surface area contributed by atoms with Crippen molar-refractivity contribution in [2.75, 3.05) is 26.6 Å². The average Bonchev–Trinajstić information content (AvgIpc) is 3.22. The lowest BCUT2D eigenvalue weighted by Crippen LogP contribution is -2.03. The minimum absolute atomic E-state index is 0.441. The van der Waals surface area contributed by atoms with Crippen LogP contribution in [0.2, 0.25) is 5.02 Å². The quantitative estimate of drug-likeness (QED) is 0.508. The average molecular weight is 412 g/mol. The summed E-state index contributed by atoms with van der Waals surface area (Å²) in [7, 11) is 4.72. The van der Waals surface area contributed by atoms with Crippen molar-refractivity contribution in [1.82, 2.24) is 19.6 Å². The highest BCUT2D eigenvalue weighted by molar-refractivity contribution is 6.30. The molecule has 1 N–H and O–H groups in total. The number of methoxy groups -OCH3 is 3. The van der Waals surface area contributed by atoms with Gasteiger partial charge in [-0.2, -0.15) is 19.6 Å². The van der Waals surface area contributed by atoms with E-state index in [0.717, 1.165) is 16.9 Å². The molecule has 0 aliphatic heterocycles. The van der Waals surface area contributed by atoms with Gasteiger partial charge in [-0.05, 0) is 36.4 Å². The second kappa shape index (κ2) is 7.84. The van der Waals surface area contributed by atoms with Gasteiger partial charge >= 0.3 is 0 Å². The van der Waals surface area contributed by atoms with Gasteiger partial charge in [-0.15, -0.1) is 0 Å². The van der Waals surface area contributed by atoms with E-state index in [2.05, 4.69) is 20.4 Å². The molecular weight excluding hydrogens is 394 g/mol. The second-order valence-electron chi connectivity index (χ2n) is 6.01. The van der Waals surface area contributed by atoms with Gasteiger partial charge in [-0.3, -0.25) is 0 Å². The van der Waals surface area contributed by atoms with Gasteiger partial charge in [0.05, 0.1) is 27.0 Å². The van der Waals surface area contributed by atoms with E-state index in [1.807, 2.05) is 30.3 Å². The van der Waals surface area contributed by atoms with Crippen molar-refractivity contribution in [1.29, 1.82) is 0 Å². The summed E-state index contributed by atoms with van der Waals surface area (Å²) in [5.41, 5.74) is 2.32. The van der Waals surface area contributed by atoms with E-state index in [1.54, 1.807) is 38.0 Å². The van der Waals surface area contributed by atoms with Crippen LogP contribution >= 0.6 is 11.6 Å². The van der Waals surface area contributed by atoms with E-state index in [-0.39, 0.29) is 0 Å². The van der Waals surface area contributed by atoms with Crippen molar-refractivity contribution < 1.29 is 14.2 Å². The highest BCUT2D eigenvalue weighted by atomic mass is 35.5. The van der Waals surface area contributed by atoms with Gasteiger partial charge in [0.1, 0.15) is 12.1 Å². The Morgan fingerprint density at radius 1 is 0.931 bits per heavy atom. The Bertz CT molecular complexity index is 1160. The molecule has 0 amide bonds. The third-order valence-corrected chi connectivity index (χ3v) is 4.60. The van der Waals surface area contributed by atoms with Gasteiger partial charge < -0.3 is 19.5 Å². The molecule has 0 fully saturated rings. The molecule has 0 aliphatic rings. The molecule has 0 spiro atoms. The fourth-order valence-electron chi connectivity index (χ4n) is 3.05. The van der Waals surface area contributed by atoms with Gasteiger partial charge in [0.2, 0.25) is 5.75 Å². The van der Waals surface area contributed by atoms with Gasteiger partial charge in [0.15, 0.2) is 11.5 Å². The number of ether oxygens (including phenoxy) is 3. The normalized spacial score (nSPS) is 10.8. The molecule has 9 heteroatoms. The van der Waals surface area contributed by atoms with Crippen molar-refractivity contribution >= 4 is 28.9 Å². The molecule has 0 atom stereocenters. The number of halogens is 1. The highest BCUT2D eigenvalue weighted by Crippen LogP contribution is 2.44. The summed E-state index contributed by atoms with van der Waals surface area (Å²) in [5, 5.41) is 8.22. The van der Waals surface area contributed by atoms with Crippen LogP contribution in [0.25, 0.3) is 17.0 Å². The number of hydrogen-bond acceptors (Lipinski definition) is 7. The first-order valence-electron chi connectivity index (χ1n) is 8.67. The molecule has 8 nitrogen and oxygen atoms in total. The van der Waals surface area contributed by atoms with E-state index in [1.165, 1.54) is 6.33 Å². The maximum Gasteiger partial charge on any atom is 0.254 e. The van der Waals surface area contributed by atoms with Crippen LogP contribution in [-0.4, -0.2) is 40.9 Å². The number of anilines is 2. The molecule has 148 valence electrons. The molecule has 2 aromatic carbocycles. The molecule has 0 saturated carbocycles. The van der Waals surface area contributed by atoms with Gasteiger partial charge in [-0.1, -0.05) is 11.6 Å². The van der Waals surface area contributed by atoms with Crippen LogP contribution < -0.4 is 19.5 Å². The number of nitrogens with zero attached hydrogens (tertiary/aromatic N) is 4. The zero-order valence-corrected chi connectivity index (χ0v) is 16.8. The monoisotopic (exact) mass is 411 g/mol. The Morgan fingerprint density at radius 3 is 2.38 bits per heavy atom. The summed E-state index contributed by atoms with van der Waals surface area (Å²) in [5.74, 6) is 2.61. The Labute approximate surface area is 172 Å². The number of benzene rings is 2. The standard InChI is InChI=1S/C20H18ClN5O3/c1-27-16-9-8-14(18(28-2)19(16)29-3)15-10-17(25-20-22-11-23-26(15)20)24-13-6-4-12(21)5-7-13/h4-11H,1-3H3,(H,22,23,24,25). The zero-order chi connectivity index (χ0) is 20.4. The molecular formula is C20H18ClN5O3. The van der Waals surface area contributed by atoms with Crippen molar-refractivity contribution in [3.8, 4) is 28.5 Å². The van der Waals surface area contributed by atoms with Crippen LogP contribution in [0, 0.1) is 0 Å². The summed E-state index contributed by atoms with van der Waals surface area (Å²) in [6.07, 6.45) is 1.45. The zero-order valence-electron chi connectivity index (χ0n) is 16.0. The molecule has 0 radical (unpaired) electrons. The third-order valence-electron chi connectivity index (χ3n) is 4.35. The first kappa shape index (κ1) is 18.8. The van der Waals surface area contributed by atoms with Crippen LogP contribution in [0.1, 0.15) is 0 Å². The van der Waals surface area contributed by atoms with Crippen LogP contribution in [-0.2, 0) is 0 Å². The minimum Gasteiger partial charge on any atom is -0.493 e. The predicted octanol–water partition coefficient (Wildman–Crippen LogP) is 4.21.